The van der Waals surface area contributed by atoms with E-state index < -0.39 is 0 Å². The zero-order valence-corrected chi connectivity index (χ0v) is 11.4. The Hall–Kier alpha value is -2.62. The van der Waals surface area contributed by atoms with E-state index in [4.69, 9.17) is 10.3 Å². The third kappa shape index (κ3) is 2.16. The van der Waals surface area contributed by atoms with Gasteiger partial charge in [0.1, 0.15) is 0 Å². The fraction of sp³-hybridized carbons (Fsp3) is 0.125. The maximum absolute atomic E-state index is 5.95. The Bertz CT molecular complexity index is 727. The summed E-state index contributed by atoms with van der Waals surface area (Å²) in [4.78, 5) is 4.13. The number of nitrogens with zero attached hydrogens (tertiary/aromatic N) is 2. The maximum atomic E-state index is 5.95. The number of hydrogen-bond donors (Lipinski definition) is 1. The summed E-state index contributed by atoms with van der Waals surface area (Å²) in [5.74, 6) is 1.06. The number of rotatable bonds is 2. The quantitative estimate of drug-likeness (QED) is 0.768. The second kappa shape index (κ2) is 4.81. The van der Waals surface area contributed by atoms with Gasteiger partial charge in [-0.05, 0) is 32.0 Å². The molecule has 0 amide bonds. The highest BCUT2D eigenvalue weighted by Crippen LogP contribution is 2.36. The lowest BCUT2D eigenvalue weighted by Crippen LogP contribution is -1.90. The first-order valence-corrected chi connectivity index (χ1v) is 6.39. The first-order valence-electron chi connectivity index (χ1n) is 6.39. The average molecular weight is 265 g/mol. The van der Waals surface area contributed by atoms with E-state index in [1.165, 1.54) is 11.1 Å². The zero-order chi connectivity index (χ0) is 14.1. The van der Waals surface area contributed by atoms with E-state index in [-0.39, 0.29) is 0 Å². The standard InChI is InChI=1S/C16H15N3O/c1-10-6-11(2)8-13(7-10)15-14(16(17)19-20-15)12-4-3-5-18-9-12/h3-9H,1-2H3,(H2,17,19). The van der Waals surface area contributed by atoms with Crippen LogP contribution in [0.2, 0.25) is 0 Å². The van der Waals surface area contributed by atoms with Gasteiger partial charge in [0.05, 0.1) is 5.56 Å². The normalized spacial score (nSPS) is 10.7. The van der Waals surface area contributed by atoms with Crippen molar-refractivity contribution >= 4 is 5.82 Å². The molecule has 2 heterocycles. The number of pyridine rings is 1. The number of hydrogen-bond acceptors (Lipinski definition) is 4. The van der Waals surface area contributed by atoms with Crippen molar-refractivity contribution < 1.29 is 4.52 Å². The highest BCUT2D eigenvalue weighted by Gasteiger charge is 2.18. The molecule has 0 unspecified atom stereocenters. The largest absolute Gasteiger partial charge is 0.380 e. The van der Waals surface area contributed by atoms with Crippen LogP contribution in [-0.2, 0) is 0 Å². The Balaban J connectivity index is 2.21. The van der Waals surface area contributed by atoms with E-state index in [2.05, 4.69) is 42.2 Å². The first-order chi connectivity index (χ1) is 9.65. The summed E-state index contributed by atoms with van der Waals surface area (Å²) in [5.41, 5.74) is 11.0. The Morgan fingerprint density at radius 3 is 2.45 bits per heavy atom. The molecule has 0 spiro atoms. The highest BCUT2D eigenvalue weighted by molar-refractivity contribution is 5.86. The van der Waals surface area contributed by atoms with Crippen molar-refractivity contribution in [1.29, 1.82) is 0 Å². The second-order valence-corrected chi connectivity index (χ2v) is 4.89. The van der Waals surface area contributed by atoms with Crippen LogP contribution in [0.25, 0.3) is 22.5 Å². The highest BCUT2D eigenvalue weighted by atomic mass is 16.5. The molecule has 0 atom stereocenters. The molecule has 1 aromatic carbocycles. The molecule has 4 nitrogen and oxygen atoms in total. The van der Waals surface area contributed by atoms with Gasteiger partial charge in [-0.25, -0.2) is 0 Å². The predicted octanol–water partition coefficient (Wildman–Crippen LogP) is 3.60. The lowest BCUT2D eigenvalue weighted by molar-refractivity contribution is 0.436. The van der Waals surface area contributed by atoms with Gasteiger partial charge in [0.15, 0.2) is 11.6 Å². The van der Waals surface area contributed by atoms with Crippen molar-refractivity contribution in [3.05, 3.63) is 53.9 Å². The summed E-state index contributed by atoms with van der Waals surface area (Å²) >= 11 is 0. The molecule has 4 heteroatoms. The van der Waals surface area contributed by atoms with E-state index in [1.54, 1.807) is 12.4 Å². The van der Waals surface area contributed by atoms with E-state index in [9.17, 15) is 0 Å². The number of aryl methyl sites for hydroxylation is 2. The van der Waals surface area contributed by atoms with Crippen LogP contribution in [-0.4, -0.2) is 10.1 Å². The lowest BCUT2D eigenvalue weighted by atomic mass is 10.00. The molecule has 0 saturated heterocycles. The zero-order valence-electron chi connectivity index (χ0n) is 11.4. The van der Waals surface area contributed by atoms with Crippen molar-refractivity contribution in [3.8, 4) is 22.5 Å². The fourth-order valence-electron chi connectivity index (χ4n) is 2.39. The van der Waals surface area contributed by atoms with Crippen molar-refractivity contribution in [3.63, 3.8) is 0 Å². The Morgan fingerprint density at radius 1 is 1.05 bits per heavy atom. The van der Waals surface area contributed by atoms with Gasteiger partial charge >= 0.3 is 0 Å². The summed E-state index contributed by atoms with van der Waals surface area (Å²) in [6, 6.07) is 10.1. The molecule has 0 saturated carbocycles. The van der Waals surface area contributed by atoms with Gasteiger partial charge in [-0.15, -0.1) is 0 Å². The molecule has 2 aromatic heterocycles. The number of nitrogens with two attached hydrogens (primary N) is 1. The molecule has 100 valence electrons. The molecule has 0 aliphatic heterocycles. The number of anilines is 1. The molecule has 2 N–H and O–H groups in total. The fourth-order valence-corrected chi connectivity index (χ4v) is 2.39. The Kier molecular flexibility index (Phi) is 2.99. The molecular weight excluding hydrogens is 250 g/mol. The van der Waals surface area contributed by atoms with E-state index in [0.29, 0.717) is 11.6 Å². The van der Waals surface area contributed by atoms with Gasteiger partial charge in [0.25, 0.3) is 0 Å². The van der Waals surface area contributed by atoms with Crippen LogP contribution in [0.1, 0.15) is 11.1 Å². The average Bonchev–Trinajstić information content (AvgIpc) is 2.80. The molecule has 20 heavy (non-hydrogen) atoms. The van der Waals surface area contributed by atoms with Gasteiger partial charge < -0.3 is 10.3 Å². The molecule has 0 fully saturated rings. The third-order valence-corrected chi connectivity index (χ3v) is 3.15. The third-order valence-electron chi connectivity index (χ3n) is 3.15. The topological polar surface area (TPSA) is 64.9 Å². The van der Waals surface area contributed by atoms with Crippen molar-refractivity contribution in [2.75, 3.05) is 5.73 Å². The summed E-state index contributed by atoms with van der Waals surface area (Å²) in [6.45, 7) is 4.11. The van der Waals surface area contributed by atoms with Crippen LogP contribution in [0.4, 0.5) is 5.82 Å². The van der Waals surface area contributed by atoms with Crippen LogP contribution >= 0.6 is 0 Å². The molecule has 0 aliphatic rings. The van der Waals surface area contributed by atoms with Crippen LogP contribution in [0.15, 0.2) is 47.2 Å². The van der Waals surface area contributed by atoms with E-state index >= 15 is 0 Å². The van der Waals surface area contributed by atoms with Gasteiger partial charge in [-0.2, -0.15) is 0 Å². The first kappa shape index (κ1) is 12.4. The Morgan fingerprint density at radius 2 is 1.80 bits per heavy atom. The van der Waals surface area contributed by atoms with Gasteiger partial charge in [-0.1, -0.05) is 28.4 Å². The predicted molar refractivity (Wildman–Crippen MR) is 79.1 cm³/mol. The van der Waals surface area contributed by atoms with Crippen molar-refractivity contribution in [2.45, 2.75) is 13.8 Å². The minimum atomic E-state index is 0.382. The lowest BCUT2D eigenvalue weighted by Gasteiger charge is -2.05. The van der Waals surface area contributed by atoms with Crippen LogP contribution < -0.4 is 5.73 Å². The molecule has 0 aliphatic carbocycles. The summed E-state index contributed by atoms with van der Waals surface area (Å²) in [5, 5.41) is 3.90. The monoisotopic (exact) mass is 265 g/mol. The summed E-state index contributed by atoms with van der Waals surface area (Å²) in [7, 11) is 0. The molecule has 3 rings (SSSR count). The van der Waals surface area contributed by atoms with Gasteiger partial charge in [-0.3, -0.25) is 4.98 Å². The van der Waals surface area contributed by atoms with Crippen LogP contribution in [0.3, 0.4) is 0 Å². The van der Waals surface area contributed by atoms with Gasteiger partial charge in [0.2, 0.25) is 0 Å². The van der Waals surface area contributed by atoms with Crippen LogP contribution in [0, 0.1) is 13.8 Å². The van der Waals surface area contributed by atoms with Crippen LogP contribution in [0.5, 0.6) is 0 Å². The molecule has 0 radical (unpaired) electrons. The van der Waals surface area contributed by atoms with Crippen molar-refractivity contribution in [1.82, 2.24) is 10.1 Å². The molecular formula is C16H15N3O. The second-order valence-electron chi connectivity index (χ2n) is 4.89. The number of nitrogen functional groups attached to an aromatic ring is 1. The smallest absolute Gasteiger partial charge is 0.176 e. The minimum absolute atomic E-state index is 0.382. The van der Waals surface area contributed by atoms with E-state index in [0.717, 1.165) is 16.7 Å². The van der Waals surface area contributed by atoms with E-state index in [1.807, 2.05) is 12.1 Å². The summed E-state index contributed by atoms with van der Waals surface area (Å²) < 4.78 is 5.44. The Labute approximate surface area is 117 Å². The number of aromatic nitrogens is 2. The van der Waals surface area contributed by atoms with Crippen molar-refractivity contribution in [2.24, 2.45) is 0 Å². The number of benzene rings is 1. The minimum Gasteiger partial charge on any atom is -0.380 e. The van der Waals surface area contributed by atoms with Gasteiger partial charge in [0, 0.05) is 23.5 Å². The SMILES string of the molecule is Cc1cc(C)cc(-c2onc(N)c2-c2cccnc2)c1. The maximum Gasteiger partial charge on any atom is 0.176 e. The molecule has 3 aromatic rings. The summed E-state index contributed by atoms with van der Waals surface area (Å²) in [6.07, 6.45) is 3.48. The molecule has 0 bridgehead atoms.